The fourth-order valence-electron chi connectivity index (χ4n) is 3.00. The molecule has 0 spiro atoms. The lowest BCUT2D eigenvalue weighted by molar-refractivity contribution is -0.133. The minimum absolute atomic E-state index is 0.0144. The van der Waals surface area contributed by atoms with Crippen LogP contribution in [-0.2, 0) is 11.8 Å². The number of amides is 1. The van der Waals surface area contributed by atoms with Crippen molar-refractivity contribution in [1.82, 2.24) is 14.7 Å². The normalized spacial score (nSPS) is 13.7. The summed E-state index contributed by atoms with van der Waals surface area (Å²) in [6.07, 6.45) is 0. The Bertz CT molecular complexity index is 706. The van der Waals surface area contributed by atoms with Gasteiger partial charge in [-0.25, -0.2) is 0 Å². The van der Waals surface area contributed by atoms with Crippen molar-refractivity contribution in [3.8, 4) is 0 Å². The van der Waals surface area contributed by atoms with Gasteiger partial charge in [-0.2, -0.15) is 5.10 Å². The van der Waals surface area contributed by atoms with Crippen LogP contribution in [-0.4, -0.2) is 27.6 Å². The highest BCUT2D eigenvalue weighted by molar-refractivity contribution is 6.30. The molecule has 124 valence electrons. The Labute approximate surface area is 143 Å². The van der Waals surface area contributed by atoms with Gasteiger partial charge < -0.3 is 4.90 Å². The minimum Gasteiger partial charge on any atom is -0.338 e. The average molecular weight is 334 g/mol. The van der Waals surface area contributed by atoms with Crippen LogP contribution >= 0.6 is 11.6 Å². The number of carbonyl (C=O) groups is 1. The zero-order valence-electron chi connectivity index (χ0n) is 14.6. The molecular weight excluding hydrogens is 310 g/mol. The summed E-state index contributed by atoms with van der Waals surface area (Å²) in [6.45, 7) is 7.93. The highest BCUT2D eigenvalue weighted by atomic mass is 35.5. The Hall–Kier alpha value is -1.81. The molecule has 1 amide bonds. The van der Waals surface area contributed by atoms with Crippen LogP contribution in [0, 0.1) is 13.8 Å². The second kappa shape index (κ2) is 6.75. The highest BCUT2D eigenvalue weighted by Gasteiger charge is 2.27. The summed E-state index contributed by atoms with van der Waals surface area (Å²) in [7, 11) is 3.75. The molecule has 23 heavy (non-hydrogen) atoms. The van der Waals surface area contributed by atoms with Crippen molar-refractivity contribution in [2.75, 3.05) is 7.05 Å². The number of halogens is 1. The summed E-state index contributed by atoms with van der Waals surface area (Å²) in [4.78, 5) is 14.7. The third-order valence-electron chi connectivity index (χ3n) is 4.65. The largest absolute Gasteiger partial charge is 0.338 e. The molecule has 0 aliphatic heterocycles. The third-order valence-corrected chi connectivity index (χ3v) is 4.90. The van der Waals surface area contributed by atoms with Crippen LogP contribution in [0.25, 0.3) is 0 Å². The lowest BCUT2D eigenvalue weighted by atomic mass is 9.96. The summed E-state index contributed by atoms with van der Waals surface area (Å²) in [5, 5.41) is 5.12. The number of rotatable bonds is 4. The summed E-state index contributed by atoms with van der Waals surface area (Å²) in [5.41, 5.74) is 4.04. The first-order valence-corrected chi connectivity index (χ1v) is 8.14. The minimum atomic E-state index is -0.219. The van der Waals surface area contributed by atoms with Crippen LogP contribution in [0.1, 0.15) is 48.3 Å². The molecule has 0 bridgehead atoms. The monoisotopic (exact) mass is 333 g/mol. The molecule has 2 atom stereocenters. The number of likely N-dealkylation sites (N-methyl/N-ethyl adjacent to an activating group) is 1. The molecular formula is C18H24ClN3O. The van der Waals surface area contributed by atoms with Crippen LogP contribution in [0.2, 0.25) is 5.02 Å². The number of aryl methyl sites for hydroxylation is 2. The Balaban J connectivity index is 2.23. The van der Waals surface area contributed by atoms with Gasteiger partial charge in [0.25, 0.3) is 0 Å². The average Bonchev–Trinajstić information content (AvgIpc) is 2.78. The number of carbonyl (C=O) groups excluding carboxylic acids is 1. The van der Waals surface area contributed by atoms with Crippen LogP contribution in [0.3, 0.4) is 0 Å². The van der Waals surface area contributed by atoms with E-state index in [9.17, 15) is 4.79 Å². The fourth-order valence-corrected chi connectivity index (χ4v) is 3.13. The summed E-state index contributed by atoms with van der Waals surface area (Å²) < 4.78 is 1.83. The van der Waals surface area contributed by atoms with E-state index in [1.807, 2.05) is 70.7 Å². The second-order valence-corrected chi connectivity index (χ2v) is 6.54. The van der Waals surface area contributed by atoms with Crippen LogP contribution in [0.5, 0.6) is 0 Å². The maximum Gasteiger partial charge on any atom is 0.230 e. The third kappa shape index (κ3) is 3.42. The van der Waals surface area contributed by atoms with Gasteiger partial charge in [0.05, 0.1) is 17.7 Å². The van der Waals surface area contributed by atoms with E-state index in [0.717, 1.165) is 22.5 Å². The summed E-state index contributed by atoms with van der Waals surface area (Å²) in [6, 6.07) is 7.61. The Morgan fingerprint density at radius 2 is 1.78 bits per heavy atom. The predicted molar refractivity (Wildman–Crippen MR) is 93.7 cm³/mol. The maximum absolute atomic E-state index is 12.9. The number of nitrogens with zero attached hydrogens (tertiary/aromatic N) is 3. The van der Waals surface area contributed by atoms with E-state index >= 15 is 0 Å². The van der Waals surface area contributed by atoms with E-state index in [1.165, 1.54) is 0 Å². The van der Waals surface area contributed by atoms with Crippen molar-refractivity contribution in [1.29, 1.82) is 0 Å². The number of benzene rings is 1. The van der Waals surface area contributed by atoms with Crippen molar-refractivity contribution in [2.24, 2.45) is 7.05 Å². The molecule has 1 heterocycles. The molecule has 1 aromatic carbocycles. The zero-order chi connectivity index (χ0) is 17.3. The van der Waals surface area contributed by atoms with E-state index in [1.54, 1.807) is 4.90 Å². The smallest absolute Gasteiger partial charge is 0.230 e. The first-order valence-electron chi connectivity index (χ1n) is 7.76. The first-order chi connectivity index (χ1) is 10.7. The molecule has 0 aliphatic rings. The maximum atomic E-state index is 12.9. The van der Waals surface area contributed by atoms with Crippen molar-refractivity contribution >= 4 is 17.5 Å². The van der Waals surface area contributed by atoms with Gasteiger partial charge in [-0.3, -0.25) is 9.48 Å². The van der Waals surface area contributed by atoms with E-state index in [0.29, 0.717) is 5.02 Å². The van der Waals surface area contributed by atoms with Gasteiger partial charge in [0, 0.05) is 30.4 Å². The van der Waals surface area contributed by atoms with Gasteiger partial charge >= 0.3 is 0 Å². The van der Waals surface area contributed by atoms with Gasteiger partial charge in [0.1, 0.15) is 0 Å². The van der Waals surface area contributed by atoms with Gasteiger partial charge in [-0.15, -0.1) is 0 Å². The van der Waals surface area contributed by atoms with Crippen LogP contribution in [0.15, 0.2) is 24.3 Å². The zero-order valence-corrected chi connectivity index (χ0v) is 15.3. The first kappa shape index (κ1) is 17.5. The van der Waals surface area contributed by atoms with Gasteiger partial charge in [-0.05, 0) is 45.4 Å². The van der Waals surface area contributed by atoms with Crippen molar-refractivity contribution in [3.63, 3.8) is 0 Å². The lowest BCUT2D eigenvalue weighted by Crippen LogP contribution is -2.33. The lowest BCUT2D eigenvalue weighted by Gasteiger charge is -2.28. The van der Waals surface area contributed by atoms with Crippen LogP contribution in [0.4, 0.5) is 0 Å². The second-order valence-electron chi connectivity index (χ2n) is 6.11. The molecule has 5 heteroatoms. The van der Waals surface area contributed by atoms with Crippen molar-refractivity contribution in [3.05, 3.63) is 51.8 Å². The molecule has 0 N–H and O–H groups in total. The van der Waals surface area contributed by atoms with Crippen molar-refractivity contribution in [2.45, 2.75) is 39.7 Å². The SMILES string of the molecule is Cc1nn(C)c(C)c1[C@@H](C)C(=O)N(C)[C@H](C)c1ccc(Cl)cc1. The van der Waals surface area contributed by atoms with Gasteiger partial charge in [-0.1, -0.05) is 23.7 Å². The molecule has 0 unspecified atom stereocenters. The summed E-state index contributed by atoms with van der Waals surface area (Å²) in [5.74, 6) is -0.130. The molecule has 0 radical (unpaired) electrons. The van der Waals surface area contributed by atoms with E-state index in [-0.39, 0.29) is 17.9 Å². The van der Waals surface area contributed by atoms with Crippen molar-refractivity contribution < 1.29 is 4.79 Å². The molecule has 2 aromatic rings. The van der Waals surface area contributed by atoms with E-state index in [4.69, 9.17) is 11.6 Å². The van der Waals surface area contributed by atoms with Gasteiger partial charge in [0.15, 0.2) is 0 Å². The molecule has 2 rings (SSSR count). The number of hydrogen-bond donors (Lipinski definition) is 0. The van der Waals surface area contributed by atoms with Crippen LogP contribution < -0.4 is 0 Å². The Morgan fingerprint density at radius 1 is 1.22 bits per heavy atom. The fraction of sp³-hybridized carbons (Fsp3) is 0.444. The molecule has 0 aliphatic carbocycles. The molecule has 0 saturated heterocycles. The highest BCUT2D eigenvalue weighted by Crippen LogP contribution is 2.28. The summed E-state index contributed by atoms with van der Waals surface area (Å²) >= 11 is 5.94. The topological polar surface area (TPSA) is 38.1 Å². The Kier molecular flexibility index (Phi) is 5.15. The Morgan fingerprint density at radius 3 is 2.26 bits per heavy atom. The van der Waals surface area contributed by atoms with E-state index in [2.05, 4.69) is 5.10 Å². The van der Waals surface area contributed by atoms with Gasteiger partial charge in [0.2, 0.25) is 5.91 Å². The number of hydrogen-bond acceptors (Lipinski definition) is 2. The molecule has 0 saturated carbocycles. The van der Waals surface area contributed by atoms with E-state index < -0.39 is 0 Å². The molecule has 0 fully saturated rings. The standard InChI is InChI=1S/C18H24ClN3O/c1-11(17-12(2)20-22(6)14(17)4)18(23)21(5)13(3)15-7-9-16(19)10-8-15/h7-11,13H,1-6H3/t11-,13-/m1/s1. The molecule has 4 nitrogen and oxygen atoms in total. The predicted octanol–water partition coefficient (Wildman–Crippen LogP) is 4.01. The molecule has 1 aromatic heterocycles. The quantitative estimate of drug-likeness (QED) is 0.847. The number of aromatic nitrogens is 2.